The van der Waals surface area contributed by atoms with Crippen molar-refractivity contribution < 1.29 is 4.39 Å². The molecule has 186 valence electrons. The lowest BCUT2D eigenvalue weighted by atomic mass is 9.70. The monoisotopic (exact) mass is 495 g/mol. The summed E-state index contributed by atoms with van der Waals surface area (Å²) in [5.41, 5.74) is 3.41. The van der Waals surface area contributed by atoms with Gasteiger partial charge in [0.05, 0.1) is 41.6 Å². The van der Waals surface area contributed by atoms with Crippen LogP contribution in [0, 0.1) is 28.5 Å². The lowest BCUT2D eigenvalue weighted by Crippen LogP contribution is -2.60. The van der Waals surface area contributed by atoms with Crippen LogP contribution in [0.1, 0.15) is 30.4 Å². The maximum atomic E-state index is 13.8. The standard InChI is InChI=1S/C27H26FN9/c28-22-10-19(14-30)9-20(11-22)16-35-5-7-36(8-6-35)23-12-27(13-23,2-3-29)37-17-21(15-34-37)25-24-1-4-31-26(24)33-18-32-25/h1,4,9-11,15,17-18,23H,2,5-8,12-13,16H2,(H,31,32,33)/t23-,27+. The van der Waals surface area contributed by atoms with Crippen molar-refractivity contribution in [1.29, 1.82) is 10.5 Å². The first kappa shape index (κ1) is 23.3. The highest BCUT2D eigenvalue weighted by molar-refractivity contribution is 5.89. The van der Waals surface area contributed by atoms with Gasteiger partial charge < -0.3 is 4.98 Å². The maximum absolute atomic E-state index is 13.8. The third-order valence-electron chi connectivity index (χ3n) is 7.75. The van der Waals surface area contributed by atoms with Gasteiger partial charge in [-0.15, -0.1) is 0 Å². The Bertz CT molecular complexity index is 1510. The van der Waals surface area contributed by atoms with Crippen molar-refractivity contribution in [2.45, 2.75) is 37.4 Å². The van der Waals surface area contributed by atoms with Gasteiger partial charge in [-0.05, 0) is 42.7 Å². The normalized spacial score (nSPS) is 22.4. The van der Waals surface area contributed by atoms with Gasteiger partial charge in [0.15, 0.2) is 0 Å². The zero-order valence-corrected chi connectivity index (χ0v) is 20.3. The van der Waals surface area contributed by atoms with Crippen molar-refractivity contribution >= 4 is 11.0 Å². The molecule has 0 bridgehead atoms. The van der Waals surface area contributed by atoms with E-state index < -0.39 is 0 Å². The first-order valence-corrected chi connectivity index (χ1v) is 12.4. The van der Waals surface area contributed by atoms with Crippen molar-refractivity contribution in [3.63, 3.8) is 0 Å². The Balaban J connectivity index is 1.10. The molecule has 2 aliphatic rings. The Morgan fingerprint density at radius 3 is 2.73 bits per heavy atom. The molecule has 1 aromatic carbocycles. The van der Waals surface area contributed by atoms with Crippen LogP contribution < -0.4 is 0 Å². The van der Waals surface area contributed by atoms with Crippen molar-refractivity contribution in [2.75, 3.05) is 26.2 Å². The summed E-state index contributed by atoms with van der Waals surface area (Å²) in [4.78, 5) is 16.7. The van der Waals surface area contributed by atoms with E-state index in [0.29, 0.717) is 24.6 Å². The van der Waals surface area contributed by atoms with E-state index in [1.165, 1.54) is 12.1 Å². The molecule has 1 aliphatic heterocycles. The molecule has 0 amide bonds. The molecule has 2 fully saturated rings. The molecule has 3 aromatic heterocycles. The average molecular weight is 496 g/mol. The van der Waals surface area contributed by atoms with Gasteiger partial charge in [-0.1, -0.05) is 0 Å². The molecule has 1 N–H and O–H groups in total. The fraction of sp³-hybridized carbons (Fsp3) is 0.370. The second kappa shape index (κ2) is 9.40. The smallest absolute Gasteiger partial charge is 0.141 e. The van der Waals surface area contributed by atoms with Crippen LogP contribution in [-0.2, 0) is 12.1 Å². The third kappa shape index (κ3) is 4.35. The number of nitrogens with zero attached hydrogens (tertiary/aromatic N) is 8. The predicted molar refractivity (Wildman–Crippen MR) is 134 cm³/mol. The van der Waals surface area contributed by atoms with Gasteiger partial charge in [0.2, 0.25) is 0 Å². The van der Waals surface area contributed by atoms with Gasteiger partial charge in [-0.2, -0.15) is 15.6 Å². The molecular weight excluding hydrogens is 469 g/mol. The fourth-order valence-electron chi connectivity index (χ4n) is 5.79. The van der Waals surface area contributed by atoms with Gasteiger partial charge in [0.25, 0.3) is 0 Å². The minimum Gasteiger partial charge on any atom is -0.346 e. The summed E-state index contributed by atoms with van der Waals surface area (Å²) in [5.74, 6) is -0.366. The van der Waals surface area contributed by atoms with E-state index >= 15 is 0 Å². The SMILES string of the molecule is N#CC[C@]1(n2cc(-c3ncnc4[nH]ccc34)cn2)C[C@@H](N2CCN(Cc3cc(F)cc(C#N)c3)CC2)C1. The number of rotatable bonds is 6. The minimum absolute atomic E-state index is 0.311. The molecule has 10 heteroatoms. The van der Waals surface area contributed by atoms with Crippen molar-refractivity contribution in [2.24, 2.45) is 0 Å². The summed E-state index contributed by atoms with van der Waals surface area (Å²) in [7, 11) is 0. The van der Waals surface area contributed by atoms with Gasteiger partial charge in [-0.3, -0.25) is 14.5 Å². The second-order valence-electron chi connectivity index (χ2n) is 10.0. The van der Waals surface area contributed by atoms with E-state index in [-0.39, 0.29) is 11.4 Å². The van der Waals surface area contributed by atoms with E-state index in [4.69, 9.17) is 5.26 Å². The number of piperazine rings is 1. The Morgan fingerprint density at radius 1 is 1.11 bits per heavy atom. The number of fused-ring (bicyclic) bond motifs is 1. The maximum Gasteiger partial charge on any atom is 0.141 e. The fourth-order valence-corrected chi connectivity index (χ4v) is 5.79. The van der Waals surface area contributed by atoms with Crippen LogP contribution in [0.3, 0.4) is 0 Å². The van der Waals surface area contributed by atoms with Crippen molar-refractivity contribution in [3.8, 4) is 23.4 Å². The molecule has 1 aliphatic carbocycles. The average Bonchev–Trinajstić information content (AvgIpc) is 3.56. The lowest BCUT2D eigenvalue weighted by molar-refractivity contribution is -0.0191. The minimum atomic E-state index is -0.366. The Morgan fingerprint density at radius 2 is 1.95 bits per heavy atom. The van der Waals surface area contributed by atoms with Gasteiger partial charge in [-0.25, -0.2) is 14.4 Å². The molecule has 9 nitrogen and oxygen atoms in total. The number of hydrogen-bond acceptors (Lipinski definition) is 7. The summed E-state index contributed by atoms with van der Waals surface area (Å²) in [5, 5.41) is 24.3. The van der Waals surface area contributed by atoms with Crippen LogP contribution >= 0.6 is 0 Å². The summed E-state index contributed by atoms with van der Waals surface area (Å²) in [6.45, 7) is 4.24. The quantitative estimate of drug-likeness (QED) is 0.436. The number of aromatic amines is 1. The zero-order chi connectivity index (χ0) is 25.4. The van der Waals surface area contributed by atoms with Crippen molar-refractivity contribution in [1.82, 2.24) is 34.5 Å². The predicted octanol–water partition coefficient (Wildman–Crippen LogP) is 3.42. The Hall–Kier alpha value is -4.12. The van der Waals surface area contributed by atoms with E-state index in [9.17, 15) is 9.65 Å². The highest BCUT2D eigenvalue weighted by atomic mass is 19.1. The molecule has 4 heterocycles. The van der Waals surface area contributed by atoms with Crippen LogP contribution in [-0.4, -0.2) is 66.8 Å². The molecule has 1 saturated carbocycles. The number of aromatic nitrogens is 5. The van der Waals surface area contributed by atoms with Crippen LogP contribution in [0.5, 0.6) is 0 Å². The summed E-state index contributed by atoms with van der Waals surface area (Å²) >= 11 is 0. The summed E-state index contributed by atoms with van der Waals surface area (Å²) in [6.07, 6.45) is 9.39. The molecule has 1 saturated heterocycles. The number of benzene rings is 1. The largest absolute Gasteiger partial charge is 0.346 e. The topological polar surface area (TPSA) is 113 Å². The number of nitriles is 2. The lowest BCUT2D eigenvalue weighted by Gasteiger charge is -2.52. The first-order chi connectivity index (χ1) is 18.1. The molecule has 0 radical (unpaired) electrons. The van der Waals surface area contributed by atoms with Gasteiger partial charge >= 0.3 is 0 Å². The first-order valence-electron chi connectivity index (χ1n) is 12.4. The van der Waals surface area contributed by atoms with Gasteiger partial charge in [0.1, 0.15) is 17.8 Å². The van der Waals surface area contributed by atoms with Gasteiger partial charge in [0, 0.05) is 62.1 Å². The van der Waals surface area contributed by atoms with Crippen molar-refractivity contribution in [3.05, 3.63) is 66.1 Å². The number of hydrogen-bond donors (Lipinski definition) is 1. The van der Waals surface area contributed by atoms with E-state index in [2.05, 4.69) is 35.9 Å². The van der Waals surface area contributed by atoms with E-state index in [0.717, 1.165) is 66.9 Å². The summed E-state index contributed by atoms with van der Waals surface area (Å²) < 4.78 is 15.8. The zero-order valence-electron chi connectivity index (χ0n) is 20.3. The molecule has 0 spiro atoms. The van der Waals surface area contributed by atoms with E-state index in [1.54, 1.807) is 12.4 Å². The second-order valence-corrected chi connectivity index (χ2v) is 10.0. The molecule has 0 atom stereocenters. The highest BCUT2D eigenvalue weighted by Crippen LogP contribution is 2.45. The van der Waals surface area contributed by atoms with Crippen LogP contribution in [0.15, 0.2) is 49.2 Å². The molecule has 0 unspecified atom stereocenters. The molecule has 4 aromatic rings. The Kier molecular flexibility index (Phi) is 5.91. The summed E-state index contributed by atoms with van der Waals surface area (Å²) in [6, 6.07) is 11.3. The van der Waals surface area contributed by atoms with Crippen LogP contribution in [0.4, 0.5) is 4.39 Å². The molecule has 6 rings (SSSR count). The van der Waals surface area contributed by atoms with Crippen LogP contribution in [0.2, 0.25) is 0 Å². The molecule has 37 heavy (non-hydrogen) atoms. The number of H-pyrrole nitrogens is 1. The van der Waals surface area contributed by atoms with E-state index in [1.807, 2.05) is 35.4 Å². The third-order valence-corrected chi connectivity index (χ3v) is 7.75. The van der Waals surface area contributed by atoms with Crippen LogP contribution in [0.25, 0.3) is 22.3 Å². The number of halogens is 1. The Labute approximate surface area is 213 Å². The highest BCUT2D eigenvalue weighted by Gasteiger charge is 2.49. The number of nitrogens with one attached hydrogen (secondary N) is 1. The molecular formula is C27H26FN9.